The summed E-state index contributed by atoms with van der Waals surface area (Å²) in [7, 11) is -0.488. The third-order valence-corrected chi connectivity index (χ3v) is 8.34. The number of nitrogens with zero attached hydrogens (tertiary/aromatic N) is 7. The van der Waals surface area contributed by atoms with E-state index in [-0.39, 0.29) is 48.4 Å². The minimum atomic E-state index is -3.80. The lowest BCUT2D eigenvalue weighted by atomic mass is 9.77. The van der Waals surface area contributed by atoms with Gasteiger partial charge in [0.1, 0.15) is 16.4 Å². The van der Waals surface area contributed by atoms with Crippen LogP contribution in [0.15, 0.2) is 35.7 Å². The van der Waals surface area contributed by atoms with Crippen LogP contribution in [0.1, 0.15) is 37.3 Å². The van der Waals surface area contributed by atoms with E-state index in [9.17, 15) is 18.3 Å². The van der Waals surface area contributed by atoms with Gasteiger partial charge >= 0.3 is 5.97 Å². The fourth-order valence-electron chi connectivity index (χ4n) is 5.11. The van der Waals surface area contributed by atoms with Crippen LogP contribution in [0.4, 0.5) is 5.82 Å². The van der Waals surface area contributed by atoms with Gasteiger partial charge in [0.25, 0.3) is 0 Å². The molecular weight excluding hydrogens is 540 g/mol. The number of ether oxygens (including phenoxy) is 2. The summed E-state index contributed by atoms with van der Waals surface area (Å²) in [6.07, 6.45) is 8.69. The van der Waals surface area contributed by atoms with Gasteiger partial charge in [-0.1, -0.05) is 0 Å². The number of anilines is 1. The van der Waals surface area contributed by atoms with E-state index in [1.54, 1.807) is 36.4 Å². The summed E-state index contributed by atoms with van der Waals surface area (Å²) in [6, 6.07) is 1.80. The highest BCUT2D eigenvalue weighted by Crippen LogP contribution is 2.43. The molecule has 1 aliphatic carbocycles. The van der Waals surface area contributed by atoms with Crippen molar-refractivity contribution in [1.29, 1.82) is 0 Å². The van der Waals surface area contributed by atoms with Crippen molar-refractivity contribution in [3.8, 4) is 22.6 Å². The average Bonchev–Trinajstić information content (AvgIpc) is 3.55. The van der Waals surface area contributed by atoms with E-state index < -0.39 is 21.4 Å². The van der Waals surface area contributed by atoms with Crippen LogP contribution in [0.25, 0.3) is 28.3 Å². The Kier molecular flexibility index (Phi) is 7.29. The molecule has 0 radical (unpaired) electrons. The van der Waals surface area contributed by atoms with E-state index in [0.717, 1.165) is 6.26 Å². The maximum Gasteiger partial charge on any atom is 0.335 e. The molecule has 4 heterocycles. The van der Waals surface area contributed by atoms with Crippen molar-refractivity contribution in [3.63, 3.8) is 0 Å². The minimum absolute atomic E-state index is 0.0637. The lowest BCUT2D eigenvalue weighted by molar-refractivity contribution is -0.173. The van der Waals surface area contributed by atoms with Crippen LogP contribution >= 0.6 is 0 Å². The predicted octanol–water partition coefficient (Wildman–Crippen LogP) is 1.72. The number of rotatable bonds is 9. The van der Waals surface area contributed by atoms with Crippen LogP contribution in [0, 0.1) is 0 Å². The quantitative estimate of drug-likeness (QED) is 0.278. The molecule has 0 aromatic carbocycles. The number of carbonyl (C=O) groups is 1. The molecule has 4 aromatic rings. The molecule has 15 heteroatoms. The minimum Gasteiger partial charge on any atom is -0.479 e. The third-order valence-electron chi connectivity index (χ3n) is 7.18. The number of hydrogen-bond acceptors (Lipinski definition) is 11. The highest BCUT2D eigenvalue weighted by molar-refractivity contribution is 7.91. The maximum atomic E-state index is 12.9. The fourth-order valence-corrected chi connectivity index (χ4v) is 6.17. The number of carboxylic acid groups (broad SMARTS) is 1. The van der Waals surface area contributed by atoms with Gasteiger partial charge in [0.15, 0.2) is 26.9 Å². The molecular formula is C25H30N8O6S. The predicted molar refractivity (Wildman–Crippen MR) is 143 cm³/mol. The van der Waals surface area contributed by atoms with Gasteiger partial charge in [0.05, 0.1) is 25.1 Å². The van der Waals surface area contributed by atoms with Crippen molar-refractivity contribution >= 4 is 27.3 Å². The summed E-state index contributed by atoms with van der Waals surface area (Å²) in [4.78, 5) is 25.6. The second-order valence-electron chi connectivity index (χ2n) is 9.86. The molecule has 0 amide bonds. The largest absolute Gasteiger partial charge is 0.479 e. The van der Waals surface area contributed by atoms with Gasteiger partial charge in [-0.15, -0.1) is 0 Å². The first-order chi connectivity index (χ1) is 19.0. The average molecular weight is 571 g/mol. The summed E-state index contributed by atoms with van der Waals surface area (Å²) >= 11 is 0. The molecule has 40 heavy (non-hydrogen) atoms. The second kappa shape index (κ2) is 10.6. The summed E-state index contributed by atoms with van der Waals surface area (Å²) in [5.74, 6) is -1.03. The third kappa shape index (κ3) is 5.02. The van der Waals surface area contributed by atoms with E-state index >= 15 is 0 Å². The first-order valence-corrected chi connectivity index (χ1v) is 14.5. The fraction of sp³-hybridized carbons (Fsp3) is 0.440. The smallest absolute Gasteiger partial charge is 0.335 e. The Hall–Kier alpha value is -3.95. The Bertz CT molecular complexity index is 1660. The summed E-state index contributed by atoms with van der Waals surface area (Å²) < 4.78 is 39.5. The Labute approximate surface area is 230 Å². The zero-order valence-electron chi connectivity index (χ0n) is 22.3. The molecule has 0 bridgehead atoms. The van der Waals surface area contributed by atoms with Crippen molar-refractivity contribution in [2.45, 2.75) is 42.1 Å². The van der Waals surface area contributed by atoms with Crippen molar-refractivity contribution in [2.75, 3.05) is 32.3 Å². The van der Waals surface area contributed by atoms with Crippen molar-refractivity contribution < 1.29 is 27.8 Å². The molecule has 4 aromatic heterocycles. The normalized spacial score (nSPS) is 19.7. The van der Waals surface area contributed by atoms with Crippen LogP contribution in [-0.4, -0.2) is 86.0 Å². The van der Waals surface area contributed by atoms with E-state index in [1.165, 1.54) is 17.8 Å². The van der Waals surface area contributed by atoms with Crippen LogP contribution in [-0.2, 0) is 31.2 Å². The number of fused-ring (bicyclic) bond motifs is 1. The van der Waals surface area contributed by atoms with Crippen LogP contribution < -0.4 is 5.73 Å². The molecule has 212 valence electrons. The summed E-state index contributed by atoms with van der Waals surface area (Å²) in [6.45, 7) is 0.404. The first-order valence-electron chi connectivity index (χ1n) is 12.6. The Balaban J connectivity index is 1.53. The van der Waals surface area contributed by atoms with Gasteiger partial charge in [-0.3, -0.25) is 4.68 Å². The molecule has 1 fully saturated rings. The number of nitrogen functional groups attached to an aromatic ring is 1. The summed E-state index contributed by atoms with van der Waals surface area (Å²) in [5.41, 5.74) is 7.46. The topological polar surface area (TPSA) is 190 Å². The Morgan fingerprint density at radius 2 is 1.90 bits per heavy atom. The molecule has 0 spiro atoms. The zero-order chi connectivity index (χ0) is 28.7. The van der Waals surface area contributed by atoms with Gasteiger partial charge < -0.3 is 20.3 Å². The van der Waals surface area contributed by atoms with Crippen LogP contribution in [0.2, 0.25) is 0 Å². The number of aromatic nitrogens is 7. The highest BCUT2D eigenvalue weighted by Gasteiger charge is 2.44. The monoisotopic (exact) mass is 570 g/mol. The van der Waals surface area contributed by atoms with Crippen LogP contribution in [0.3, 0.4) is 0 Å². The lowest BCUT2D eigenvalue weighted by Crippen LogP contribution is -2.45. The molecule has 3 N–H and O–H groups in total. The molecule has 0 aliphatic heterocycles. The first kappa shape index (κ1) is 27.6. The molecule has 0 unspecified atom stereocenters. The Morgan fingerprint density at radius 3 is 2.48 bits per heavy atom. The van der Waals surface area contributed by atoms with Gasteiger partial charge in [-0.05, 0) is 31.7 Å². The molecule has 14 nitrogen and oxygen atoms in total. The van der Waals surface area contributed by atoms with Gasteiger partial charge in [0.2, 0.25) is 0 Å². The molecule has 0 saturated heterocycles. The van der Waals surface area contributed by atoms with Gasteiger partial charge in [-0.25, -0.2) is 28.2 Å². The molecule has 1 aliphatic rings. The zero-order valence-corrected chi connectivity index (χ0v) is 23.1. The molecule has 1 saturated carbocycles. The standard InChI is InChI=1S/C25H30N8O6S/c1-32-9-6-18(31-32)22-27-12-16(13-28-22)17-14-29-33-21(26)20(40(3,36)37)19(30-23(17)33)15-4-7-25(8-5-15,24(34)35)39-11-10-38-2/h6,9,12-15H,4-5,7-8,10-11,26H2,1-3H3,(H,34,35)/t15-,25-. The number of carboxylic acids is 1. The van der Waals surface area contributed by atoms with E-state index in [2.05, 4.69) is 20.2 Å². The number of aliphatic carboxylic acids is 1. The van der Waals surface area contributed by atoms with Gasteiger partial charge in [0, 0.05) is 56.0 Å². The number of aryl methyl sites for hydroxylation is 1. The van der Waals surface area contributed by atoms with E-state index in [1.807, 2.05) is 0 Å². The SMILES string of the molecule is COCCO[C@]1(C(=O)O)CC[C@@H](c2nc3c(-c4cnc(-c5ccn(C)n5)nc4)cnn3c(N)c2S(C)(=O)=O)CC1. The van der Waals surface area contributed by atoms with E-state index in [4.69, 9.17) is 20.2 Å². The number of methoxy groups -OCH3 is 1. The second-order valence-corrected chi connectivity index (χ2v) is 11.8. The van der Waals surface area contributed by atoms with Crippen molar-refractivity contribution in [1.82, 2.24) is 34.3 Å². The number of nitrogens with two attached hydrogens (primary N) is 1. The highest BCUT2D eigenvalue weighted by atomic mass is 32.2. The Morgan fingerprint density at radius 1 is 1.20 bits per heavy atom. The van der Waals surface area contributed by atoms with Crippen molar-refractivity contribution in [3.05, 3.63) is 36.5 Å². The van der Waals surface area contributed by atoms with Crippen LogP contribution in [0.5, 0.6) is 0 Å². The van der Waals surface area contributed by atoms with Crippen molar-refractivity contribution in [2.24, 2.45) is 7.05 Å². The van der Waals surface area contributed by atoms with Gasteiger partial charge in [-0.2, -0.15) is 14.7 Å². The number of hydrogen-bond donors (Lipinski definition) is 2. The van der Waals surface area contributed by atoms with E-state index in [0.29, 0.717) is 41.1 Å². The molecule has 5 rings (SSSR count). The molecule has 0 atom stereocenters. The maximum absolute atomic E-state index is 12.9. The summed E-state index contributed by atoms with van der Waals surface area (Å²) in [5, 5.41) is 18.5. The number of sulfone groups is 1. The lowest BCUT2D eigenvalue weighted by Gasteiger charge is -2.36.